The Kier molecular flexibility index (Phi) is 5.29. The molecule has 0 aliphatic carbocycles. The molecule has 0 fully saturated rings. The van der Waals surface area contributed by atoms with Crippen LogP contribution < -0.4 is 5.32 Å². The van der Waals surface area contributed by atoms with Gasteiger partial charge in [0.05, 0.1) is 12.7 Å². The first-order valence-corrected chi connectivity index (χ1v) is 7.08. The molecule has 2 rings (SSSR count). The highest BCUT2D eigenvalue weighted by Crippen LogP contribution is 2.29. The minimum Gasteiger partial charge on any atom is -0.488 e. The van der Waals surface area contributed by atoms with Crippen molar-refractivity contribution in [2.24, 2.45) is 0 Å². The normalized spacial score (nSPS) is 16.1. The molecule has 1 aromatic rings. The average molecular weight is 316 g/mol. The van der Waals surface area contributed by atoms with Crippen molar-refractivity contribution in [3.63, 3.8) is 0 Å². The van der Waals surface area contributed by atoms with Crippen LogP contribution in [0.1, 0.15) is 24.5 Å². The molecule has 0 bridgehead atoms. The smallest absolute Gasteiger partial charge is 0.286 e. The van der Waals surface area contributed by atoms with Crippen molar-refractivity contribution in [2.75, 3.05) is 13.2 Å². The summed E-state index contributed by atoms with van der Waals surface area (Å²) in [7, 11) is 0. The minimum atomic E-state index is -0.968. The Morgan fingerprint density at radius 2 is 2.10 bits per heavy atom. The van der Waals surface area contributed by atoms with Gasteiger partial charge in [-0.2, -0.15) is 0 Å². The van der Waals surface area contributed by atoms with Gasteiger partial charge in [0.25, 0.3) is 5.91 Å². The lowest BCUT2D eigenvalue weighted by Gasteiger charge is -2.17. The first-order chi connectivity index (χ1) is 9.59. The van der Waals surface area contributed by atoms with Crippen molar-refractivity contribution in [1.82, 2.24) is 5.32 Å². The van der Waals surface area contributed by atoms with Crippen LogP contribution in [0, 0.1) is 0 Å². The van der Waals surface area contributed by atoms with E-state index in [1.54, 1.807) is 24.3 Å². The number of hydrogen-bond donors (Lipinski definition) is 2. The third-order valence-corrected chi connectivity index (χ3v) is 3.61. The van der Waals surface area contributed by atoms with Crippen LogP contribution >= 0.6 is 23.2 Å². The van der Waals surface area contributed by atoms with Crippen LogP contribution in [0.3, 0.4) is 0 Å². The number of rotatable bonds is 4. The number of carbonyl (C=O) groups excluding carboxylic acids is 1. The minimum absolute atomic E-state index is 0.0169. The van der Waals surface area contributed by atoms with Gasteiger partial charge in [-0.15, -0.1) is 0 Å². The van der Waals surface area contributed by atoms with E-state index in [1.165, 1.54) is 0 Å². The topological polar surface area (TPSA) is 58.6 Å². The van der Waals surface area contributed by atoms with Crippen LogP contribution in [0.25, 0.3) is 0 Å². The molecule has 1 aliphatic rings. The molecule has 1 aliphatic heterocycles. The predicted molar refractivity (Wildman–Crippen MR) is 77.7 cm³/mol. The zero-order valence-electron chi connectivity index (χ0n) is 10.7. The van der Waals surface area contributed by atoms with Gasteiger partial charge in [0.1, 0.15) is 0 Å². The molecule has 1 amide bonds. The monoisotopic (exact) mass is 315 g/mol. The van der Waals surface area contributed by atoms with Crippen LogP contribution in [0.2, 0.25) is 10.0 Å². The fourth-order valence-electron chi connectivity index (χ4n) is 1.92. The summed E-state index contributed by atoms with van der Waals surface area (Å²) in [6, 6.07) is 4.97. The number of allylic oxidation sites excluding steroid dienone is 1. The quantitative estimate of drug-likeness (QED) is 0.898. The summed E-state index contributed by atoms with van der Waals surface area (Å²) >= 11 is 12.0. The Bertz CT molecular complexity index is 511. The zero-order valence-corrected chi connectivity index (χ0v) is 12.2. The summed E-state index contributed by atoms with van der Waals surface area (Å²) in [5, 5.41) is 13.4. The highest BCUT2D eigenvalue weighted by Gasteiger charge is 2.18. The second-order valence-electron chi connectivity index (χ2n) is 4.42. The molecule has 0 spiro atoms. The first-order valence-electron chi connectivity index (χ1n) is 6.32. The van der Waals surface area contributed by atoms with Crippen molar-refractivity contribution in [3.05, 3.63) is 45.6 Å². The average Bonchev–Trinajstić information content (AvgIpc) is 2.45. The summed E-state index contributed by atoms with van der Waals surface area (Å²) in [5.41, 5.74) is 0.412. The van der Waals surface area contributed by atoms with Crippen molar-refractivity contribution < 1.29 is 14.6 Å². The van der Waals surface area contributed by atoms with Crippen molar-refractivity contribution in [1.29, 1.82) is 0 Å². The number of carbonyl (C=O) groups is 1. The van der Waals surface area contributed by atoms with Gasteiger partial charge in [0.2, 0.25) is 0 Å². The molecule has 108 valence electrons. The highest BCUT2D eigenvalue weighted by atomic mass is 35.5. The van der Waals surface area contributed by atoms with Crippen molar-refractivity contribution in [2.45, 2.75) is 18.9 Å². The summed E-state index contributed by atoms with van der Waals surface area (Å²) in [4.78, 5) is 11.8. The summed E-state index contributed by atoms with van der Waals surface area (Å²) in [5.74, 6) is -0.0411. The molecular formula is C14H15Cl2NO3. The van der Waals surface area contributed by atoms with Crippen LogP contribution in [0.5, 0.6) is 0 Å². The number of aliphatic hydroxyl groups excluding tert-OH is 1. The summed E-state index contributed by atoms with van der Waals surface area (Å²) in [6.07, 6.45) is 2.51. The SMILES string of the molecule is O=C(NC[C@H](O)c1c(Cl)cccc1Cl)C1=CCCCO1. The van der Waals surface area contributed by atoms with Gasteiger partial charge in [-0.05, 0) is 31.1 Å². The number of hydrogen-bond acceptors (Lipinski definition) is 3. The third kappa shape index (κ3) is 3.66. The van der Waals surface area contributed by atoms with E-state index in [1.807, 2.05) is 0 Å². The fraction of sp³-hybridized carbons (Fsp3) is 0.357. The zero-order chi connectivity index (χ0) is 14.5. The number of benzene rings is 1. The van der Waals surface area contributed by atoms with Gasteiger partial charge in [-0.1, -0.05) is 29.3 Å². The molecule has 2 N–H and O–H groups in total. The van der Waals surface area contributed by atoms with Crippen molar-refractivity contribution in [3.8, 4) is 0 Å². The molecule has 1 atom stereocenters. The highest BCUT2D eigenvalue weighted by molar-refractivity contribution is 6.36. The lowest BCUT2D eigenvalue weighted by molar-refractivity contribution is -0.121. The largest absolute Gasteiger partial charge is 0.488 e. The maximum Gasteiger partial charge on any atom is 0.286 e. The Hall–Kier alpha value is -1.23. The van der Waals surface area contributed by atoms with Gasteiger partial charge in [-0.3, -0.25) is 4.79 Å². The van der Waals surface area contributed by atoms with E-state index in [9.17, 15) is 9.90 Å². The van der Waals surface area contributed by atoms with E-state index in [0.29, 0.717) is 28.0 Å². The molecule has 4 nitrogen and oxygen atoms in total. The van der Waals surface area contributed by atoms with Crippen LogP contribution in [-0.4, -0.2) is 24.2 Å². The van der Waals surface area contributed by atoms with Crippen molar-refractivity contribution >= 4 is 29.1 Å². The van der Waals surface area contributed by atoms with Gasteiger partial charge in [0.15, 0.2) is 5.76 Å². The summed E-state index contributed by atoms with van der Waals surface area (Å²) in [6.45, 7) is 0.557. The summed E-state index contributed by atoms with van der Waals surface area (Å²) < 4.78 is 5.24. The number of nitrogens with one attached hydrogen (secondary N) is 1. The Morgan fingerprint density at radius 3 is 2.70 bits per heavy atom. The molecule has 1 heterocycles. The number of ether oxygens (including phenoxy) is 1. The Morgan fingerprint density at radius 1 is 1.40 bits per heavy atom. The van der Waals surface area contributed by atoms with E-state index < -0.39 is 6.10 Å². The number of amides is 1. The third-order valence-electron chi connectivity index (χ3n) is 2.95. The maximum atomic E-state index is 11.8. The molecule has 6 heteroatoms. The molecule has 0 aromatic heterocycles. The molecule has 0 unspecified atom stereocenters. The van der Waals surface area contributed by atoms with E-state index in [-0.39, 0.29) is 12.5 Å². The molecule has 0 saturated heterocycles. The Labute approximate surface area is 127 Å². The van der Waals surface area contributed by atoms with Crippen LogP contribution in [0.15, 0.2) is 30.0 Å². The molecule has 20 heavy (non-hydrogen) atoms. The van der Waals surface area contributed by atoms with Crippen LogP contribution in [-0.2, 0) is 9.53 Å². The predicted octanol–water partition coefficient (Wildman–Crippen LogP) is 2.84. The molecule has 1 aromatic carbocycles. The second kappa shape index (κ2) is 6.97. The number of halogens is 2. The first kappa shape index (κ1) is 15.2. The lowest BCUT2D eigenvalue weighted by Crippen LogP contribution is -2.31. The fourth-order valence-corrected chi connectivity index (χ4v) is 2.57. The molecule has 0 saturated carbocycles. The van der Waals surface area contributed by atoms with Gasteiger partial charge >= 0.3 is 0 Å². The van der Waals surface area contributed by atoms with Gasteiger partial charge in [-0.25, -0.2) is 0 Å². The Balaban J connectivity index is 1.96. The van der Waals surface area contributed by atoms with E-state index in [2.05, 4.69) is 5.32 Å². The van der Waals surface area contributed by atoms with E-state index in [4.69, 9.17) is 27.9 Å². The van der Waals surface area contributed by atoms with Gasteiger partial charge in [0, 0.05) is 22.2 Å². The number of aliphatic hydroxyl groups is 1. The molecule has 0 radical (unpaired) electrons. The van der Waals surface area contributed by atoms with E-state index in [0.717, 1.165) is 12.8 Å². The maximum absolute atomic E-state index is 11.8. The van der Waals surface area contributed by atoms with Crippen LogP contribution in [0.4, 0.5) is 0 Å². The van der Waals surface area contributed by atoms with E-state index >= 15 is 0 Å². The lowest BCUT2D eigenvalue weighted by atomic mass is 10.1. The standard InChI is InChI=1S/C14H15Cl2NO3/c15-9-4-3-5-10(16)13(9)11(18)8-17-14(19)12-6-1-2-7-20-12/h3-6,11,18H,1-2,7-8H2,(H,17,19)/t11-/m0/s1. The molecular weight excluding hydrogens is 301 g/mol. The second-order valence-corrected chi connectivity index (χ2v) is 5.23. The van der Waals surface area contributed by atoms with Gasteiger partial charge < -0.3 is 15.2 Å².